The number of thioether (sulfide) groups is 1. The maximum absolute atomic E-state index is 14.8. The Labute approximate surface area is 355 Å². The molecule has 16 heteroatoms. The molecular formula is C43H38N8O5S3. The Morgan fingerprint density at radius 2 is 0.915 bits per heavy atom. The first kappa shape index (κ1) is 38.7. The summed E-state index contributed by atoms with van der Waals surface area (Å²) in [7, 11) is 0. The van der Waals surface area contributed by atoms with E-state index in [0.717, 1.165) is 19.3 Å². The van der Waals surface area contributed by atoms with Crippen LogP contribution in [0, 0.1) is 11.8 Å². The van der Waals surface area contributed by atoms with Gasteiger partial charge in [-0.3, -0.25) is 48.6 Å². The van der Waals surface area contributed by atoms with Crippen molar-refractivity contribution in [2.75, 3.05) is 38.4 Å². The predicted molar refractivity (Wildman–Crippen MR) is 234 cm³/mol. The number of hydrazine groups is 1. The van der Waals surface area contributed by atoms with Gasteiger partial charge in [0.2, 0.25) is 28.8 Å². The van der Waals surface area contributed by atoms with E-state index in [2.05, 4.69) is 0 Å². The van der Waals surface area contributed by atoms with E-state index in [1.54, 1.807) is 102 Å². The van der Waals surface area contributed by atoms with Crippen molar-refractivity contribution in [3.05, 3.63) is 121 Å². The first-order valence-corrected chi connectivity index (χ1v) is 21.2. The van der Waals surface area contributed by atoms with Gasteiger partial charge in [-0.2, -0.15) is 5.01 Å². The highest BCUT2D eigenvalue weighted by atomic mass is 32.2. The van der Waals surface area contributed by atoms with Crippen LogP contribution in [-0.2, 0) is 24.0 Å². The number of amidine groups is 1. The van der Waals surface area contributed by atoms with Crippen molar-refractivity contribution in [1.82, 2.24) is 15.0 Å². The van der Waals surface area contributed by atoms with Crippen molar-refractivity contribution < 1.29 is 24.0 Å². The van der Waals surface area contributed by atoms with Crippen LogP contribution in [0.25, 0.3) is 0 Å². The number of benzene rings is 4. The molecule has 0 aromatic heterocycles. The molecule has 0 unspecified atom stereocenters. The van der Waals surface area contributed by atoms with Crippen LogP contribution in [0.4, 0.5) is 22.7 Å². The van der Waals surface area contributed by atoms with Crippen LogP contribution in [0.1, 0.15) is 32.1 Å². The van der Waals surface area contributed by atoms with Gasteiger partial charge in [0.1, 0.15) is 17.5 Å². The van der Waals surface area contributed by atoms with Crippen LogP contribution in [0.5, 0.6) is 0 Å². The lowest BCUT2D eigenvalue weighted by Crippen LogP contribution is -2.73. The largest absolute Gasteiger partial charge is 0.273 e. The lowest BCUT2D eigenvalue weighted by Gasteiger charge is -2.57. The molecule has 0 radical (unpaired) electrons. The average Bonchev–Trinajstić information content (AvgIpc) is 3.63. The quantitative estimate of drug-likeness (QED) is 0.155. The molecule has 0 N–H and O–H groups in total. The van der Waals surface area contributed by atoms with Crippen molar-refractivity contribution in [2.24, 2.45) is 16.9 Å². The predicted octanol–water partition coefficient (Wildman–Crippen LogP) is 5.99. The van der Waals surface area contributed by atoms with E-state index in [1.807, 2.05) is 29.3 Å². The van der Waals surface area contributed by atoms with Crippen molar-refractivity contribution in [1.29, 1.82) is 0 Å². The summed E-state index contributed by atoms with van der Waals surface area (Å²) in [5.41, 5.74) is 0.940. The van der Waals surface area contributed by atoms with E-state index in [1.165, 1.54) is 36.4 Å². The summed E-state index contributed by atoms with van der Waals surface area (Å²) in [6.07, 6.45) is 3.34. The van der Waals surface area contributed by atoms with Crippen molar-refractivity contribution in [2.45, 2.75) is 37.8 Å². The Bertz CT molecular complexity index is 2260. The van der Waals surface area contributed by atoms with E-state index in [-0.39, 0.29) is 35.0 Å². The molecule has 4 aromatic rings. The second-order valence-electron chi connectivity index (χ2n) is 14.8. The number of nitrogens with zero attached hydrogens (tertiary/aromatic N) is 8. The number of anilines is 4. The fourth-order valence-electron chi connectivity index (χ4n) is 8.61. The zero-order valence-corrected chi connectivity index (χ0v) is 34.2. The Balaban J connectivity index is 1.13. The van der Waals surface area contributed by atoms with Crippen LogP contribution >= 0.6 is 36.2 Å². The minimum atomic E-state index is -1.31. The van der Waals surface area contributed by atoms with Crippen LogP contribution < -0.4 is 19.6 Å². The summed E-state index contributed by atoms with van der Waals surface area (Å²) >= 11 is 13.0. The van der Waals surface area contributed by atoms with Crippen molar-refractivity contribution >= 4 is 104 Å². The van der Waals surface area contributed by atoms with Crippen LogP contribution in [0.3, 0.4) is 0 Å². The fraction of sp³-hybridized carbons (Fsp3) is 0.256. The molecule has 1 aliphatic carbocycles. The summed E-state index contributed by atoms with van der Waals surface area (Å²) in [4.78, 5) is 78.5. The van der Waals surface area contributed by atoms with Crippen molar-refractivity contribution in [3.63, 3.8) is 0 Å². The van der Waals surface area contributed by atoms with Gasteiger partial charge >= 0.3 is 0 Å². The molecule has 5 amide bonds. The van der Waals surface area contributed by atoms with Gasteiger partial charge in [-0.1, -0.05) is 91.0 Å². The lowest BCUT2D eigenvalue weighted by atomic mass is 9.85. The van der Waals surface area contributed by atoms with E-state index >= 15 is 0 Å². The molecule has 13 nitrogen and oxygen atoms in total. The molecule has 1 spiro atoms. The molecule has 4 fully saturated rings. The fourth-order valence-corrected chi connectivity index (χ4v) is 10.2. The van der Waals surface area contributed by atoms with Gasteiger partial charge in [-0.05, 0) is 98.6 Å². The zero-order valence-electron chi connectivity index (χ0n) is 31.7. The third-order valence-corrected chi connectivity index (χ3v) is 13.0. The molecule has 0 atom stereocenters. The van der Waals surface area contributed by atoms with Gasteiger partial charge in [-0.25, -0.2) is 5.01 Å². The minimum absolute atomic E-state index is 0.0227. The number of rotatable bonds is 8. The highest BCUT2D eigenvalue weighted by Gasteiger charge is 2.58. The molecular weight excluding hydrogens is 805 g/mol. The Kier molecular flexibility index (Phi) is 10.3. The maximum Gasteiger partial charge on any atom is 0.253 e. The summed E-state index contributed by atoms with van der Waals surface area (Å²) in [6, 6.07) is 35.9. The number of para-hydroxylation sites is 4. The third-order valence-electron chi connectivity index (χ3n) is 11.4. The molecule has 3 saturated heterocycles. The van der Waals surface area contributed by atoms with E-state index < -0.39 is 41.1 Å². The topological polar surface area (TPSA) is 120 Å². The number of fused-ring (bicyclic) bond motifs is 1. The normalized spacial score (nSPS) is 20.6. The zero-order chi connectivity index (χ0) is 40.8. The molecule has 4 aliphatic heterocycles. The molecule has 298 valence electrons. The van der Waals surface area contributed by atoms with Gasteiger partial charge in [-0.15, -0.1) is 5.10 Å². The first-order valence-electron chi connectivity index (χ1n) is 19.4. The maximum atomic E-state index is 14.8. The smallest absolute Gasteiger partial charge is 0.253 e. The van der Waals surface area contributed by atoms with Crippen LogP contribution in [0.2, 0.25) is 0 Å². The molecule has 1 saturated carbocycles. The second-order valence-corrected chi connectivity index (χ2v) is 16.5. The number of hydrazone groups is 1. The van der Waals surface area contributed by atoms with Crippen molar-refractivity contribution in [3.8, 4) is 0 Å². The molecule has 59 heavy (non-hydrogen) atoms. The highest BCUT2D eigenvalue weighted by Crippen LogP contribution is 2.45. The Hall–Kier alpha value is -5.81. The SMILES string of the molecule is O=C1C(CN2N=C3SCC(=O)N3N(CC3C(=O)N(c4ccccc4)C(=S)N(c4ccccc4)C3=O)C23CCCCC3)C(=O)N(c2ccccc2)C(=S)N1c1ccccc1. The molecule has 0 bridgehead atoms. The van der Waals surface area contributed by atoms with Gasteiger partial charge in [0, 0.05) is 6.54 Å². The van der Waals surface area contributed by atoms with Crippen LogP contribution in [0.15, 0.2) is 126 Å². The van der Waals surface area contributed by atoms with Gasteiger partial charge < -0.3 is 0 Å². The standard InChI is InChI=1S/C43H38N8O5S3/c52-35-28-59-40-44-45(26-33-36(53)47(29-16-6-1-7-17-29)41(57)48(37(33)54)30-18-8-2-9-19-30)43(24-14-5-15-25-43)46(51(35)40)27-34-38(55)49(31-20-10-3-11-21-31)42(58)50(39(34)56)32-22-12-4-13-23-32/h1-4,6-13,16-23,33-34H,5,14-15,24-28H2. The molecule has 5 aliphatic rings. The Morgan fingerprint density at radius 3 is 1.31 bits per heavy atom. The summed E-state index contributed by atoms with van der Waals surface area (Å²) in [5, 5.41) is 10.6. The summed E-state index contributed by atoms with van der Waals surface area (Å²) in [6.45, 7) is -0.351. The van der Waals surface area contributed by atoms with Gasteiger partial charge in [0.25, 0.3) is 5.91 Å². The third kappa shape index (κ3) is 6.59. The van der Waals surface area contributed by atoms with Gasteiger partial charge in [0.15, 0.2) is 10.2 Å². The summed E-state index contributed by atoms with van der Waals surface area (Å²) < 4.78 is 0. The van der Waals surface area contributed by atoms with Gasteiger partial charge in [0.05, 0.1) is 35.0 Å². The Morgan fingerprint density at radius 1 is 0.542 bits per heavy atom. The average molecular weight is 843 g/mol. The first-order chi connectivity index (χ1) is 28.7. The number of carbonyl (C=O) groups is 5. The molecule has 4 heterocycles. The molecule has 4 aromatic carbocycles. The minimum Gasteiger partial charge on any atom is -0.273 e. The number of hydrogen-bond acceptors (Lipinski definition) is 11. The van der Waals surface area contributed by atoms with E-state index in [0.29, 0.717) is 40.8 Å². The number of hydrogen-bond donors (Lipinski definition) is 0. The number of thiocarbonyl (C=S) groups is 2. The second kappa shape index (κ2) is 15.7. The van der Waals surface area contributed by atoms with Crippen LogP contribution in [-0.4, -0.2) is 84.5 Å². The lowest BCUT2D eigenvalue weighted by molar-refractivity contribution is -0.194. The highest BCUT2D eigenvalue weighted by molar-refractivity contribution is 8.15. The number of carbonyl (C=O) groups excluding carboxylic acids is 5. The van der Waals surface area contributed by atoms with E-state index in [9.17, 15) is 24.0 Å². The molecule has 9 rings (SSSR count). The number of amides is 5. The van der Waals surface area contributed by atoms with E-state index in [4.69, 9.17) is 29.5 Å². The summed E-state index contributed by atoms with van der Waals surface area (Å²) in [5.74, 6) is -4.79. The monoisotopic (exact) mass is 842 g/mol.